The lowest BCUT2D eigenvalue weighted by molar-refractivity contribution is 0.0684. The van der Waals surface area contributed by atoms with Crippen LogP contribution >= 0.6 is 0 Å². The lowest BCUT2D eigenvalue weighted by Gasteiger charge is -2.31. The highest BCUT2D eigenvalue weighted by Crippen LogP contribution is 2.23. The van der Waals surface area contributed by atoms with E-state index in [1.54, 1.807) is 6.26 Å². The molecule has 110 valence electrons. The first-order valence-electron chi connectivity index (χ1n) is 6.97. The molecule has 2 unspecified atom stereocenters. The summed E-state index contributed by atoms with van der Waals surface area (Å²) in [6.07, 6.45) is 3.81. The van der Waals surface area contributed by atoms with Crippen LogP contribution in [0.3, 0.4) is 0 Å². The Bertz CT molecular complexity index is 531. The van der Waals surface area contributed by atoms with Gasteiger partial charge in [-0.2, -0.15) is 0 Å². The number of anilines is 1. The lowest BCUT2D eigenvalue weighted by atomic mass is 9.99. The van der Waals surface area contributed by atoms with Crippen molar-refractivity contribution in [3.63, 3.8) is 0 Å². The average molecular weight is 294 g/mol. The SMILES string of the molecule is Cc1ccc(NS(C)=O)c(C(=O)N2CCCC(C)C2)c1. The van der Waals surface area contributed by atoms with Crippen LogP contribution in [0.2, 0.25) is 0 Å². The first kappa shape index (κ1) is 15.0. The van der Waals surface area contributed by atoms with Gasteiger partial charge in [-0.25, -0.2) is 4.21 Å². The van der Waals surface area contributed by atoms with Crippen LogP contribution in [0.25, 0.3) is 0 Å². The second-order valence-electron chi connectivity index (χ2n) is 5.60. The molecular formula is C15H22N2O2S. The maximum atomic E-state index is 12.7. The van der Waals surface area contributed by atoms with E-state index in [-0.39, 0.29) is 5.91 Å². The molecule has 4 nitrogen and oxygen atoms in total. The Kier molecular flexibility index (Phi) is 4.81. The number of carbonyl (C=O) groups is 1. The molecule has 0 spiro atoms. The van der Waals surface area contributed by atoms with E-state index in [1.807, 2.05) is 30.0 Å². The van der Waals surface area contributed by atoms with Crippen molar-refractivity contribution in [1.82, 2.24) is 4.90 Å². The number of rotatable bonds is 3. The van der Waals surface area contributed by atoms with Crippen LogP contribution in [0.15, 0.2) is 18.2 Å². The Balaban J connectivity index is 2.27. The molecule has 2 rings (SSSR count). The summed E-state index contributed by atoms with van der Waals surface area (Å²) in [5.74, 6) is 0.586. The summed E-state index contributed by atoms with van der Waals surface area (Å²) in [6.45, 7) is 5.76. The molecule has 2 atom stereocenters. The van der Waals surface area contributed by atoms with Crippen molar-refractivity contribution in [2.24, 2.45) is 5.92 Å². The van der Waals surface area contributed by atoms with Crippen LogP contribution in [0.4, 0.5) is 5.69 Å². The van der Waals surface area contributed by atoms with Crippen LogP contribution in [-0.2, 0) is 11.0 Å². The molecule has 1 aliphatic rings. The van der Waals surface area contributed by atoms with Gasteiger partial charge >= 0.3 is 0 Å². The summed E-state index contributed by atoms with van der Waals surface area (Å²) in [6, 6.07) is 5.62. The molecule has 5 heteroatoms. The second-order valence-corrected chi connectivity index (χ2v) is 6.72. The standard InChI is InChI=1S/C15H22N2O2S/c1-11-6-7-14(16-20(3)19)13(9-11)15(18)17-8-4-5-12(2)10-17/h6-7,9,12,16H,4-5,8,10H2,1-3H3. The number of aryl methyl sites for hydroxylation is 1. The van der Waals surface area contributed by atoms with Gasteiger partial charge in [0.05, 0.1) is 11.3 Å². The minimum Gasteiger partial charge on any atom is -0.338 e. The molecule has 1 heterocycles. The zero-order valence-electron chi connectivity index (χ0n) is 12.3. The molecule has 1 N–H and O–H groups in total. The lowest BCUT2D eigenvalue weighted by Crippen LogP contribution is -2.39. The molecule has 20 heavy (non-hydrogen) atoms. The Morgan fingerprint density at radius 1 is 1.45 bits per heavy atom. The largest absolute Gasteiger partial charge is 0.338 e. The van der Waals surface area contributed by atoms with Crippen molar-refractivity contribution >= 4 is 22.6 Å². The highest BCUT2D eigenvalue weighted by Gasteiger charge is 2.24. The van der Waals surface area contributed by atoms with E-state index < -0.39 is 11.0 Å². The number of nitrogens with one attached hydrogen (secondary N) is 1. The summed E-state index contributed by atoms with van der Waals surface area (Å²) in [4.78, 5) is 14.6. The van der Waals surface area contributed by atoms with Crippen LogP contribution in [0.5, 0.6) is 0 Å². The number of carbonyl (C=O) groups excluding carboxylic acids is 1. The fraction of sp³-hybridized carbons (Fsp3) is 0.533. The molecule has 1 fully saturated rings. The average Bonchev–Trinajstić information content (AvgIpc) is 2.39. The van der Waals surface area contributed by atoms with E-state index in [2.05, 4.69) is 11.6 Å². The molecule has 1 saturated heterocycles. The van der Waals surface area contributed by atoms with Gasteiger partial charge < -0.3 is 9.62 Å². The summed E-state index contributed by atoms with van der Waals surface area (Å²) in [5.41, 5.74) is 2.31. The van der Waals surface area contributed by atoms with Crippen molar-refractivity contribution in [2.75, 3.05) is 24.1 Å². The molecular weight excluding hydrogens is 272 g/mol. The van der Waals surface area contributed by atoms with E-state index in [9.17, 15) is 9.00 Å². The molecule has 1 aromatic carbocycles. The van der Waals surface area contributed by atoms with Gasteiger partial charge in [-0.1, -0.05) is 18.6 Å². The van der Waals surface area contributed by atoms with Crippen molar-refractivity contribution in [3.8, 4) is 0 Å². The van der Waals surface area contributed by atoms with Crippen LogP contribution < -0.4 is 4.72 Å². The summed E-state index contributed by atoms with van der Waals surface area (Å²) in [7, 11) is -1.18. The van der Waals surface area contributed by atoms with E-state index >= 15 is 0 Å². The molecule has 1 aliphatic heterocycles. The monoisotopic (exact) mass is 294 g/mol. The number of nitrogens with zero attached hydrogens (tertiary/aromatic N) is 1. The van der Waals surface area contributed by atoms with Gasteiger partial charge in [0.1, 0.15) is 11.0 Å². The number of likely N-dealkylation sites (tertiary alicyclic amines) is 1. The molecule has 0 aliphatic carbocycles. The Labute approximate surface area is 123 Å². The number of amides is 1. The van der Waals surface area contributed by atoms with E-state index in [0.29, 0.717) is 17.2 Å². The van der Waals surface area contributed by atoms with Gasteiger partial charge in [-0.15, -0.1) is 0 Å². The normalized spacial score (nSPS) is 20.6. The van der Waals surface area contributed by atoms with Crippen molar-refractivity contribution in [1.29, 1.82) is 0 Å². The first-order chi connectivity index (χ1) is 9.47. The third-order valence-corrected chi connectivity index (χ3v) is 4.11. The van der Waals surface area contributed by atoms with Crippen LogP contribution in [0, 0.1) is 12.8 Å². The van der Waals surface area contributed by atoms with Crippen molar-refractivity contribution in [2.45, 2.75) is 26.7 Å². The fourth-order valence-corrected chi connectivity index (χ4v) is 3.11. The van der Waals surface area contributed by atoms with E-state index in [1.165, 1.54) is 6.42 Å². The van der Waals surface area contributed by atoms with Crippen LogP contribution in [-0.4, -0.2) is 34.4 Å². The van der Waals surface area contributed by atoms with E-state index in [4.69, 9.17) is 0 Å². The molecule has 0 aromatic heterocycles. The Hall–Kier alpha value is -1.36. The maximum absolute atomic E-state index is 12.7. The highest BCUT2D eigenvalue weighted by molar-refractivity contribution is 7.85. The predicted octanol–water partition coefficient (Wildman–Crippen LogP) is 2.57. The fourth-order valence-electron chi connectivity index (χ4n) is 2.62. The summed E-state index contributed by atoms with van der Waals surface area (Å²) >= 11 is 0. The van der Waals surface area contributed by atoms with Crippen molar-refractivity contribution < 1.29 is 9.00 Å². The minimum absolute atomic E-state index is 0.0354. The zero-order valence-corrected chi connectivity index (χ0v) is 13.1. The predicted molar refractivity (Wildman–Crippen MR) is 83.2 cm³/mol. The highest BCUT2D eigenvalue weighted by atomic mass is 32.2. The molecule has 0 radical (unpaired) electrons. The molecule has 0 saturated carbocycles. The Morgan fingerprint density at radius 2 is 2.20 bits per heavy atom. The zero-order chi connectivity index (χ0) is 14.7. The topological polar surface area (TPSA) is 49.4 Å². The summed E-state index contributed by atoms with van der Waals surface area (Å²) < 4.78 is 14.2. The third-order valence-electron chi connectivity index (χ3n) is 3.60. The quantitative estimate of drug-likeness (QED) is 0.931. The van der Waals surface area contributed by atoms with Gasteiger partial charge in [0.25, 0.3) is 5.91 Å². The minimum atomic E-state index is -1.18. The van der Waals surface area contributed by atoms with E-state index in [0.717, 1.165) is 25.1 Å². The smallest absolute Gasteiger partial charge is 0.256 e. The molecule has 1 amide bonds. The molecule has 0 bridgehead atoms. The number of benzene rings is 1. The second kappa shape index (κ2) is 6.39. The number of hydrogen-bond acceptors (Lipinski definition) is 2. The maximum Gasteiger partial charge on any atom is 0.256 e. The van der Waals surface area contributed by atoms with Gasteiger partial charge in [-0.05, 0) is 37.8 Å². The third kappa shape index (κ3) is 3.60. The van der Waals surface area contributed by atoms with Gasteiger partial charge in [0.2, 0.25) is 0 Å². The number of piperidine rings is 1. The first-order valence-corrected chi connectivity index (χ1v) is 8.53. The van der Waals surface area contributed by atoms with Gasteiger partial charge in [0, 0.05) is 19.3 Å². The molecule has 1 aromatic rings. The Morgan fingerprint density at radius 3 is 2.85 bits per heavy atom. The summed E-state index contributed by atoms with van der Waals surface area (Å²) in [5, 5.41) is 0. The number of hydrogen-bond donors (Lipinski definition) is 1. The van der Waals surface area contributed by atoms with Crippen LogP contribution in [0.1, 0.15) is 35.7 Å². The van der Waals surface area contributed by atoms with Crippen molar-refractivity contribution in [3.05, 3.63) is 29.3 Å². The van der Waals surface area contributed by atoms with Gasteiger partial charge in [-0.3, -0.25) is 4.79 Å². The van der Waals surface area contributed by atoms with Gasteiger partial charge in [0.15, 0.2) is 0 Å².